The molecule has 1 aromatic rings. The van der Waals surface area contributed by atoms with Crippen LogP contribution >= 0.6 is 11.6 Å². The van der Waals surface area contributed by atoms with E-state index in [4.69, 9.17) is 11.6 Å². The van der Waals surface area contributed by atoms with Gasteiger partial charge in [-0.15, -0.1) is 11.6 Å². The number of nitrogens with one attached hydrogen (secondary N) is 1. The van der Waals surface area contributed by atoms with E-state index in [1.165, 1.54) is 0 Å². The van der Waals surface area contributed by atoms with E-state index in [1.807, 2.05) is 0 Å². The molecule has 0 radical (unpaired) electrons. The molecule has 2 atom stereocenters. The van der Waals surface area contributed by atoms with Crippen molar-refractivity contribution in [2.45, 2.75) is 24.8 Å². The highest BCUT2D eigenvalue weighted by Crippen LogP contribution is 2.22. The Morgan fingerprint density at radius 1 is 1.50 bits per heavy atom. The fourth-order valence-corrected chi connectivity index (χ4v) is 1.93. The third-order valence-electron chi connectivity index (χ3n) is 2.63. The van der Waals surface area contributed by atoms with E-state index in [0.29, 0.717) is 11.6 Å². The van der Waals surface area contributed by atoms with Crippen LogP contribution in [-0.4, -0.2) is 22.7 Å². The molecule has 1 amide bonds. The lowest BCUT2D eigenvalue weighted by Crippen LogP contribution is -2.25. The molecule has 1 aliphatic heterocycles. The third-order valence-corrected chi connectivity index (χ3v) is 2.94. The maximum absolute atomic E-state index is 11.8. The lowest BCUT2D eigenvalue weighted by atomic mass is 9.98. The molecule has 84 valence electrons. The molecule has 2 unspecified atom stereocenters. The predicted octanol–water partition coefficient (Wildman–Crippen LogP) is 0.991. The molecule has 0 saturated carbocycles. The van der Waals surface area contributed by atoms with Crippen LogP contribution in [0.25, 0.3) is 0 Å². The number of pyridine rings is 1. The van der Waals surface area contributed by atoms with Gasteiger partial charge in [0.1, 0.15) is 5.92 Å². The summed E-state index contributed by atoms with van der Waals surface area (Å²) in [6.45, 7) is 1.67. The molecule has 4 nitrogen and oxygen atoms in total. The van der Waals surface area contributed by atoms with Gasteiger partial charge in [-0.3, -0.25) is 14.6 Å². The highest BCUT2D eigenvalue weighted by Gasteiger charge is 2.40. The largest absolute Gasteiger partial charge is 0.346 e. The monoisotopic (exact) mass is 238 g/mol. The number of carbonyl (C=O) groups is 2. The summed E-state index contributed by atoms with van der Waals surface area (Å²) in [7, 11) is 0. The molecule has 2 rings (SSSR count). The van der Waals surface area contributed by atoms with Gasteiger partial charge in [-0.25, -0.2) is 0 Å². The molecule has 1 aromatic heterocycles. The number of halogens is 1. The summed E-state index contributed by atoms with van der Waals surface area (Å²) in [5, 5.41) is 2.59. The maximum Gasteiger partial charge on any atom is 0.237 e. The number of ketones is 1. The number of Topliss-reactive ketones (excluding diaryl/α,β-unsaturated/α-hetero) is 1. The second-order valence-electron chi connectivity index (χ2n) is 3.79. The Morgan fingerprint density at radius 3 is 2.81 bits per heavy atom. The minimum atomic E-state index is -0.779. The quantitative estimate of drug-likeness (QED) is 0.618. The Labute approximate surface area is 98.0 Å². The topological polar surface area (TPSA) is 59.1 Å². The first-order valence-electron chi connectivity index (χ1n) is 4.98. The molecular weight excluding hydrogens is 228 g/mol. The lowest BCUT2D eigenvalue weighted by Gasteiger charge is -2.06. The molecule has 1 aliphatic rings. The zero-order chi connectivity index (χ0) is 11.7. The van der Waals surface area contributed by atoms with Crippen LogP contribution in [-0.2, 0) is 15.5 Å². The Morgan fingerprint density at radius 2 is 2.25 bits per heavy atom. The van der Waals surface area contributed by atoms with E-state index in [2.05, 4.69) is 10.3 Å². The van der Waals surface area contributed by atoms with Crippen molar-refractivity contribution < 1.29 is 9.59 Å². The molecule has 0 aliphatic carbocycles. The Balaban J connectivity index is 2.36. The van der Waals surface area contributed by atoms with E-state index in [9.17, 15) is 9.59 Å². The summed E-state index contributed by atoms with van der Waals surface area (Å²) >= 11 is 5.69. The number of nitrogens with zero attached hydrogens (tertiary/aromatic N) is 1. The molecule has 1 saturated heterocycles. The molecule has 0 spiro atoms. The van der Waals surface area contributed by atoms with Gasteiger partial charge in [0, 0.05) is 12.1 Å². The van der Waals surface area contributed by atoms with E-state index >= 15 is 0 Å². The van der Waals surface area contributed by atoms with Crippen molar-refractivity contribution in [3.8, 4) is 0 Å². The summed E-state index contributed by atoms with van der Waals surface area (Å²) in [5.74, 6) is -0.854. The summed E-state index contributed by atoms with van der Waals surface area (Å²) in [6, 6.07) is 3.03. The van der Waals surface area contributed by atoms with Crippen LogP contribution in [0.1, 0.15) is 24.1 Å². The normalized spacial score (nSPS) is 24.6. The predicted molar refractivity (Wildman–Crippen MR) is 59.1 cm³/mol. The standard InChI is InChI=1S/C11H11ClN2O2/c1-6-10(15)9(11(16)14-6)8-4-7(5-12)2-3-13-8/h2-4,6,9H,5H2,1H3,(H,14,16). The van der Waals surface area contributed by atoms with Crippen LogP contribution in [0.15, 0.2) is 18.3 Å². The summed E-state index contributed by atoms with van der Waals surface area (Å²) in [5.41, 5.74) is 1.33. The van der Waals surface area contributed by atoms with E-state index < -0.39 is 12.0 Å². The number of hydrogen-bond acceptors (Lipinski definition) is 3. The van der Waals surface area contributed by atoms with Gasteiger partial charge < -0.3 is 5.32 Å². The number of rotatable bonds is 2. The van der Waals surface area contributed by atoms with Gasteiger partial charge in [0.25, 0.3) is 0 Å². The van der Waals surface area contributed by atoms with Crippen LogP contribution in [0.5, 0.6) is 0 Å². The van der Waals surface area contributed by atoms with Gasteiger partial charge in [-0.05, 0) is 24.6 Å². The Hall–Kier alpha value is -1.42. The number of alkyl halides is 1. The Kier molecular flexibility index (Phi) is 2.92. The third kappa shape index (κ3) is 1.80. The van der Waals surface area contributed by atoms with Gasteiger partial charge >= 0.3 is 0 Å². The van der Waals surface area contributed by atoms with Crippen molar-refractivity contribution in [1.82, 2.24) is 10.3 Å². The Bertz CT molecular complexity index is 447. The number of carbonyl (C=O) groups excluding carboxylic acids is 2. The number of amides is 1. The van der Waals surface area contributed by atoms with Crippen LogP contribution in [0.2, 0.25) is 0 Å². The molecule has 1 fully saturated rings. The van der Waals surface area contributed by atoms with E-state index in [0.717, 1.165) is 5.56 Å². The highest BCUT2D eigenvalue weighted by molar-refractivity contribution is 6.17. The van der Waals surface area contributed by atoms with Crippen molar-refractivity contribution in [3.05, 3.63) is 29.6 Å². The van der Waals surface area contributed by atoms with Crippen molar-refractivity contribution >= 4 is 23.3 Å². The lowest BCUT2D eigenvalue weighted by molar-refractivity contribution is -0.124. The van der Waals surface area contributed by atoms with Crippen LogP contribution in [0.4, 0.5) is 0 Å². The van der Waals surface area contributed by atoms with Crippen LogP contribution in [0, 0.1) is 0 Å². The zero-order valence-corrected chi connectivity index (χ0v) is 9.49. The SMILES string of the molecule is CC1NC(=O)C(c2cc(CCl)ccn2)C1=O. The average Bonchev–Trinajstić information content (AvgIpc) is 2.53. The number of aromatic nitrogens is 1. The van der Waals surface area contributed by atoms with Crippen molar-refractivity contribution in [3.63, 3.8) is 0 Å². The zero-order valence-electron chi connectivity index (χ0n) is 8.74. The average molecular weight is 239 g/mol. The molecule has 2 heterocycles. The smallest absolute Gasteiger partial charge is 0.237 e. The summed E-state index contributed by atoms with van der Waals surface area (Å²) in [6.07, 6.45) is 1.57. The van der Waals surface area contributed by atoms with Gasteiger partial charge in [-0.2, -0.15) is 0 Å². The van der Waals surface area contributed by atoms with E-state index in [-0.39, 0.29) is 11.7 Å². The summed E-state index contributed by atoms with van der Waals surface area (Å²) in [4.78, 5) is 27.4. The summed E-state index contributed by atoms with van der Waals surface area (Å²) < 4.78 is 0. The molecule has 5 heteroatoms. The maximum atomic E-state index is 11.8. The van der Waals surface area contributed by atoms with Gasteiger partial charge in [0.2, 0.25) is 5.91 Å². The van der Waals surface area contributed by atoms with Crippen molar-refractivity contribution in [2.24, 2.45) is 0 Å². The van der Waals surface area contributed by atoms with Crippen LogP contribution in [0.3, 0.4) is 0 Å². The van der Waals surface area contributed by atoms with Crippen molar-refractivity contribution in [1.29, 1.82) is 0 Å². The minimum absolute atomic E-state index is 0.135. The number of hydrogen-bond donors (Lipinski definition) is 1. The second-order valence-corrected chi connectivity index (χ2v) is 4.06. The fourth-order valence-electron chi connectivity index (χ4n) is 1.76. The molecule has 0 bridgehead atoms. The van der Waals surface area contributed by atoms with Gasteiger partial charge in [0.05, 0.1) is 11.7 Å². The second kappa shape index (κ2) is 4.22. The molecule has 0 aromatic carbocycles. The first-order valence-corrected chi connectivity index (χ1v) is 5.52. The van der Waals surface area contributed by atoms with Crippen LogP contribution < -0.4 is 5.32 Å². The highest BCUT2D eigenvalue weighted by atomic mass is 35.5. The van der Waals surface area contributed by atoms with Crippen molar-refractivity contribution in [2.75, 3.05) is 0 Å². The first kappa shape index (κ1) is 11.1. The fraction of sp³-hybridized carbons (Fsp3) is 0.364. The van der Waals surface area contributed by atoms with Gasteiger partial charge in [-0.1, -0.05) is 0 Å². The first-order chi connectivity index (χ1) is 7.63. The van der Waals surface area contributed by atoms with Gasteiger partial charge in [0.15, 0.2) is 5.78 Å². The molecule has 16 heavy (non-hydrogen) atoms. The molecule has 1 N–H and O–H groups in total. The van der Waals surface area contributed by atoms with E-state index in [1.54, 1.807) is 25.3 Å². The minimum Gasteiger partial charge on any atom is -0.346 e. The molecular formula is C11H11ClN2O2.